The minimum absolute atomic E-state index is 0.105. The molecule has 0 aliphatic carbocycles. The van der Waals surface area contributed by atoms with Gasteiger partial charge in [0.05, 0.1) is 39.6 Å². The van der Waals surface area contributed by atoms with Gasteiger partial charge in [0.2, 0.25) is 5.75 Å². The number of hydrogen-bond acceptors (Lipinski definition) is 38. The molecular weight excluding hydrogens is 1250 g/mol. The highest BCUT2D eigenvalue weighted by molar-refractivity contribution is 5.63. The number of aliphatic hydroxyl groups excluding tert-OH is 20. The zero-order valence-corrected chi connectivity index (χ0v) is 47.2. The predicted molar refractivity (Wildman–Crippen MR) is 278 cm³/mol. The van der Waals surface area contributed by atoms with Gasteiger partial charge in [0, 0.05) is 6.54 Å². The summed E-state index contributed by atoms with van der Waals surface area (Å²) in [4.78, 5) is 25.8. The maximum Gasteiger partial charge on any atom is 0.272 e. The van der Waals surface area contributed by atoms with Crippen molar-refractivity contribution in [3.05, 3.63) is 50.5 Å². The van der Waals surface area contributed by atoms with Gasteiger partial charge >= 0.3 is 0 Å². The molecule has 21 fully saturated rings. The molecule has 21 aliphatic heterocycles. The van der Waals surface area contributed by atoms with Crippen LogP contribution in [-0.2, 0) is 66.3 Å². The molecule has 21 N–H and O–H groups in total. The smallest absolute Gasteiger partial charge is 0.272 e. The van der Waals surface area contributed by atoms with Crippen LogP contribution in [0.2, 0.25) is 0 Å². The van der Waals surface area contributed by atoms with Crippen LogP contribution >= 0.6 is 0 Å². The monoisotopic (exact) mass is 1320 g/mol. The third-order valence-corrected chi connectivity index (χ3v) is 17.0. The molecule has 0 radical (unpaired) electrons. The predicted octanol–water partition coefficient (Wildman–Crippen LogP) is -13.6. The summed E-state index contributed by atoms with van der Waals surface area (Å²) >= 11 is 0. The number of aliphatic hydroxyl groups is 20. The number of benzene rings is 1. The van der Waals surface area contributed by atoms with E-state index in [-0.39, 0.29) is 5.75 Å². The molecule has 2 aromatic carbocycles. The topological polar surface area (TPSA) is 589 Å². The van der Waals surface area contributed by atoms with Gasteiger partial charge < -0.3 is 179 Å². The van der Waals surface area contributed by atoms with Crippen molar-refractivity contribution in [2.24, 2.45) is 0 Å². The first kappa shape index (κ1) is 70.3. The number of rotatable bonds is 11. The fourth-order valence-electron chi connectivity index (χ4n) is 11.9. The Morgan fingerprint density at radius 3 is 0.769 bits per heavy atom. The second-order valence-electron chi connectivity index (χ2n) is 22.8. The SMILES string of the molecule is O=c1c(NC[C@H]2O[C@@H]3O[C@H]4[C@H](O)[C@@H](O)[C@@H](O[C@H]5[C@H](O)[C@@H](O)[C@@H](O[C@H]6[C@H](O)[C@@H](O)[C@@H](O[C@H]7[C@H](O)[C@@H](O)[C@@H](O[C@H]8[C@H](O)[C@@H](O)[C@@H](O[C@H]9[C@H](O)[C@@H](O)[C@@H](O[C@H]2[C@H](O)[C@H]3O)O[C@@H]9CO)O[C@@H]8CO)O[C@@H]7CO)O[C@@H]6CO)O[C@@H]5CO)O[C@@H]4CO)c(Oc2ccc(F)cc2)c1=O. The van der Waals surface area contributed by atoms with Crippen molar-refractivity contribution in [1.82, 2.24) is 0 Å². The first-order valence-corrected chi connectivity index (χ1v) is 28.7. The fraction of sp³-hybridized carbons (Fsp3) is 0.808. The molecule has 91 heavy (non-hydrogen) atoms. The van der Waals surface area contributed by atoms with Crippen molar-refractivity contribution in [3.8, 4) is 11.5 Å². The lowest BCUT2D eigenvalue weighted by molar-refractivity contribution is -0.396. The van der Waals surface area contributed by atoms with Crippen LogP contribution in [0.15, 0.2) is 33.9 Å². The Hall–Kier alpha value is -3.53. The lowest BCUT2D eigenvalue weighted by Gasteiger charge is -2.50. The van der Waals surface area contributed by atoms with E-state index in [1.807, 2.05) is 0 Å². The van der Waals surface area contributed by atoms with Gasteiger partial charge in [-0.05, 0) is 24.3 Å². The highest BCUT2D eigenvalue weighted by atomic mass is 19.1. The molecule has 2 aromatic rings. The van der Waals surface area contributed by atoms with Crippen LogP contribution in [0.5, 0.6) is 11.5 Å². The number of halogens is 1. The number of ether oxygens (including phenoxy) is 15. The standard InChI is InChI=1S/C52H74FNO37/c53-12-1-3-13(4-2-12)77-45-21(22(61)23(45)62)54-5-14-38-24(63)31(70)46(78-14)86-39-15(6-55)80-48(33(72)26(39)65)88-41-17(8-57)82-50(35(74)28(41)67)90-43-19(10-59)84-52(37(76)30(43)69)91-44-20(11-60)83-51(36(75)29(44)68)89-42-18(9-58)81-49(34(73)27(42)66)87-40-16(7-56)79-47(85-38)32(71)25(40)64/h1-4,14-20,24-44,46-52,54-60,63-76H,5-11H2/t14-,15-,16-,17-,18-,19-,20-,24-,25-,26-,27-,28-,29-,30-,31-,32-,33-,34-,35-,36-,37-,38-,39-,40-,41-,42-,43-,44-,46-,47-,48-,49-,50-,51-,52-/m1/s1. The molecule has 0 saturated carbocycles. The highest BCUT2D eigenvalue weighted by Crippen LogP contribution is 2.39. The molecule has 21 aliphatic rings. The lowest BCUT2D eigenvalue weighted by Crippen LogP contribution is -2.68. The molecule has 23 rings (SSSR count). The molecule has 516 valence electrons. The number of nitrogens with one attached hydrogen (secondary N) is 1. The van der Waals surface area contributed by atoms with Gasteiger partial charge in [0.15, 0.2) is 44.0 Å². The maximum atomic E-state index is 13.7. The molecule has 14 bridgehead atoms. The van der Waals surface area contributed by atoms with E-state index < -0.39 is 289 Å². The second kappa shape index (κ2) is 29.4. The second-order valence-corrected chi connectivity index (χ2v) is 22.8. The van der Waals surface area contributed by atoms with Crippen molar-refractivity contribution in [1.29, 1.82) is 0 Å². The van der Waals surface area contributed by atoms with E-state index in [1.165, 1.54) is 0 Å². The van der Waals surface area contributed by atoms with Gasteiger partial charge in [-0.2, -0.15) is 0 Å². The van der Waals surface area contributed by atoms with Gasteiger partial charge in [-0.15, -0.1) is 0 Å². The van der Waals surface area contributed by atoms with Gasteiger partial charge in [0.25, 0.3) is 10.9 Å². The Kier molecular flexibility index (Phi) is 22.7. The molecule has 39 heteroatoms. The Bertz CT molecular complexity index is 2720. The van der Waals surface area contributed by atoms with Crippen LogP contribution in [0.25, 0.3) is 0 Å². The van der Waals surface area contributed by atoms with Gasteiger partial charge in [-0.1, -0.05) is 0 Å². The molecule has 21 heterocycles. The van der Waals surface area contributed by atoms with Gasteiger partial charge in [-0.25, -0.2) is 4.39 Å². The average Bonchev–Trinajstić information content (AvgIpc) is 0.898. The number of hydrogen-bond donors (Lipinski definition) is 21. The molecule has 0 spiro atoms. The van der Waals surface area contributed by atoms with Gasteiger partial charge in [0.1, 0.15) is 188 Å². The van der Waals surface area contributed by atoms with E-state index in [9.17, 15) is 116 Å². The van der Waals surface area contributed by atoms with Gasteiger partial charge in [-0.3, -0.25) is 9.59 Å². The molecule has 38 nitrogen and oxygen atoms in total. The summed E-state index contributed by atoms with van der Waals surface area (Å²) in [5.74, 6) is -1.38. The summed E-state index contributed by atoms with van der Waals surface area (Å²) < 4.78 is 100. The Morgan fingerprint density at radius 1 is 0.319 bits per heavy atom. The summed E-state index contributed by atoms with van der Waals surface area (Å²) in [5, 5.41) is 227. The Morgan fingerprint density at radius 2 is 0.538 bits per heavy atom. The highest BCUT2D eigenvalue weighted by Gasteiger charge is 2.60. The van der Waals surface area contributed by atoms with Crippen molar-refractivity contribution in [3.63, 3.8) is 0 Å². The van der Waals surface area contributed by atoms with E-state index >= 15 is 0 Å². The average molecular weight is 1320 g/mol. The largest absolute Gasteiger partial charge is 0.451 e. The summed E-state index contributed by atoms with van der Waals surface area (Å²) in [6, 6.07) is 4.22. The zero-order chi connectivity index (χ0) is 65.8. The minimum Gasteiger partial charge on any atom is -0.451 e. The van der Waals surface area contributed by atoms with Crippen LogP contribution in [0, 0.1) is 5.82 Å². The van der Waals surface area contributed by atoms with E-state index in [4.69, 9.17) is 71.1 Å². The third kappa shape index (κ3) is 13.8. The van der Waals surface area contributed by atoms with E-state index in [0.29, 0.717) is 0 Å². The quantitative estimate of drug-likeness (QED) is 0.0929. The van der Waals surface area contributed by atoms with Crippen molar-refractivity contribution in [2.75, 3.05) is 51.5 Å². The lowest BCUT2D eigenvalue weighted by atomic mass is 9.95. The molecule has 0 aromatic heterocycles. The first-order valence-electron chi connectivity index (χ1n) is 28.7. The summed E-state index contributed by atoms with van der Waals surface area (Å²) in [5.41, 5.74) is -2.84. The molecule has 0 amide bonds. The Labute approximate surface area is 510 Å². The van der Waals surface area contributed by atoms with Crippen molar-refractivity contribution >= 4 is 5.69 Å². The first-order chi connectivity index (χ1) is 43.4. The van der Waals surface area contributed by atoms with Crippen LogP contribution < -0.4 is 20.9 Å². The van der Waals surface area contributed by atoms with Crippen LogP contribution in [-0.4, -0.2) is 363 Å². The van der Waals surface area contributed by atoms with Crippen LogP contribution in [0.1, 0.15) is 0 Å². The van der Waals surface area contributed by atoms with Crippen molar-refractivity contribution < 1.29 is 178 Å². The fourth-order valence-corrected chi connectivity index (χ4v) is 11.9. The van der Waals surface area contributed by atoms with E-state index in [2.05, 4.69) is 5.32 Å². The molecule has 35 atom stereocenters. The Balaban J connectivity index is 0.954. The minimum atomic E-state index is -2.34. The molecule has 21 saturated heterocycles. The number of anilines is 1. The molecular formula is C52H74FNO37. The molecule has 0 unspecified atom stereocenters. The summed E-state index contributed by atoms with van der Waals surface area (Å²) in [6.07, 6.45) is -73.0. The zero-order valence-electron chi connectivity index (χ0n) is 47.2. The normalized spacial score (nSPS) is 48.6. The van der Waals surface area contributed by atoms with Crippen LogP contribution in [0.4, 0.5) is 10.1 Å². The summed E-state index contributed by atoms with van der Waals surface area (Å²) in [6.45, 7) is -7.38. The van der Waals surface area contributed by atoms with E-state index in [1.54, 1.807) is 0 Å². The van der Waals surface area contributed by atoms with E-state index in [0.717, 1.165) is 24.3 Å². The third-order valence-electron chi connectivity index (χ3n) is 17.0. The summed E-state index contributed by atoms with van der Waals surface area (Å²) in [7, 11) is 0. The van der Waals surface area contributed by atoms with Crippen LogP contribution in [0.3, 0.4) is 0 Å². The maximum absolute atomic E-state index is 13.7. The van der Waals surface area contributed by atoms with Crippen molar-refractivity contribution in [2.45, 2.75) is 215 Å².